The number of methoxy groups -OCH3 is 1. The maximum Gasteiger partial charge on any atom is 0.133 e. The molecule has 1 aliphatic rings. The van der Waals surface area contributed by atoms with Gasteiger partial charge in [0.15, 0.2) is 0 Å². The number of nitrogens with zero attached hydrogens (tertiary/aromatic N) is 3. The third-order valence-electron chi connectivity index (χ3n) is 4.37. The van der Waals surface area contributed by atoms with Crippen molar-refractivity contribution in [2.24, 2.45) is 0 Å². The number of aromatic nitrogens is 2. The molecule has 2 aromatic rings. The van der Waals surface area contributed by atoms with Gasteiger partial charge in [0, 0.05) is 12.6 Å². The molecule has 0 aliphatic carbocycles. The monoisotopic (exact) mass is 371 g/mol. The number of hydrogen-bond donors (Lipinski definition) is 0. The maximum absolute atomic E-state index is 6.44. The third kappa shape index (κ3) is 4.13. The Morgan fingerprint density at radius 3 is 2.69 bits per heavy atom. The Balaban J connectivity index is 1.84. The Kier molecular flexibility index (Phi) is 5.42. The highest BCUT2D eigenvalue weighted by molar-refractivity contribution is 6.31. The van der Waals surface area contributed by atoms with Gasteiger partial charge in [-0.1, -0.05) is 35.9 Å². The predicted octanol–water partition coefficient (Wildman–Crippen LogP) is 4.89. The van der Waals surface area contributed by atoms with Crippen LogP contribution < -0.4 is 9.64 Å². The summed E-state index contributed by atoms with van der Waals surface area (Å²) in [6.45, 7) is 7.23. The van der Waals surface area contributed by atoms with E-state index in [1.807, 2.05) is 24.3 Å². The number of allylic oxidation sites excluding steroid dienone is 2. The number of ether oxygens (including phenoxy) is 1. The lowest BCUT2D eigenvalue weighted by molar-refractivity contribution is 0.355. The third-order valence-corrected chi connectivity index (χ3v) is 4.70. The molecule has 0 radical (unpaired) electrons. The van der Waals surface area contributed by atoms with Gasteiger partial charge in [0.05, 0.1) is 18.3 Å². The molecular weight excluding hydrogens is 346 g/mol. The first-order valence-corrected chi connectivity index (χ1v) is 9.28. The molecule has 1 aromatic carbocycles. The van der Waals surface area contributed by atoms with Crippen molar-refractivity contribution in [2.45, 2.75) is 39.2 Å². The van der Waals surface area contributed by atoms with E-state index in [-0.39, 0.29) is 5.54 Å². The van der Waals surface area contributed by atoms with Gasteiger partial charge in [-0.25, -0.2) is 4.68 Å². The van der Waals surface area contributed by atoms with Crippen LogP contribution in [0, 0.1) is 0 Å². The Labute approximate surface area is 160 Å². The highest BCUT2D eigenvalue weighted by Gasteiger charge is 2.24. The lowest BCUT2D eigenvalue weighted by atomic mass is 10.1. The number of aryl methyl sites for hydroxylation is 2. The second-order valence-corrected chi connectivity index (χ2v) is 7.84. The molecule has 0 atom stereocenters. The highest BCUT2D eigenvalue weighted by Crippen LogP contribution is 2.30. The van der Waals surface area contributed by atoms with Crippen molar-refractivity contribution in [2.75, 3.05) is 18.6 Å². The van der Waals surface area contributed by atoms with Crippen molar-refractivity contribution in [3.8, 4) is 5.75 Å². The van der Waals surface area contributed by atoms with Crippen molar-refractivity contribution >= 4 is 17.4 Å². The van der Waals surface area contributed by atoms with Crippen LogP contribution in [-0.2, 0) is 18.4 Å². The van der Waals surface area contributed by atoms with Crippen molar-refractivity contribution < 1.29 is 4.74 Å². The molecule has 1 aliphatic heterocycles. The van der Waals surface area contributed by atoms with E-state index in [2.05, 4.69) is 54.6 Å². The molecule has 0 fully saturated rings. The normalized spacial score (nSPS) is 14.5. The molecule has 4 nitrogen and oxygen atoms in total. The first kappa shape index (κ1) is 18.6. The molecule has 26 heavy (non-hydrogen) atoms. The number of anilines is 1. The van der Waals surface area contributed by atoms with Crippen LogP contribution in [-0.4, -0.2) is 23.4 Å². The van der Waals surface area contributed by atoms with Crippen LogP contribution in [0.5, 0.6) is 5.75 Å². The zero-order valence-corrected chi connectivity index (χ0v) is 16.6. The Bertz CT molecular complexity index is 830. The molecule has 0 bridgehead atoms. The number of halogens is 1. The van der Waals surface area contributed by atoms with Gasteiger partial charge >= 0.3 is 0 Å². The number of rotatable bonds is 5. The van der Waals surface area contributed by atoms with Crippen molar-refractivity contribution in [1.82, 2.24) is 9.78 Å². The minimum Gasteiger partial charge on any atom is -0.497 e. The van der Waals surface area contributed by atoms with Gasteiger partial charge in [-0.15, -0.1) is 0 Å². The molecule has 0 N–H and O–H groups in total. The first-order valence-electron chi connectivity index (χ1n) is 8.91. The molecule has 0 saturated carbocycles. The van der Waals surface area contributed by atoms with Gasteiger partial charge in [-0.3, -0.25) is 0 Å². The van der Waals surface area contributed by atoms with Crippen LogP contribution in [0.25, 0.3) is 0 Å². The Hall–Kier alpha value is -2.20. The second-order valence-electron chi connectivity index (χ2n) is 7.46. The van der Waals surface area contributed by atoms with Crippen LogP contribution in [0.4, 0.5) is 5.82 Å². The van der Waals surface area contributed by atoms with Gasteiger partial charge in [0.25, 0.3) is 0 Å². The second kappa shape index (κ2) is 7.58. The summed E-state index contributed by atoms with van der Waals surface area (Å²) in [6.07, 6.45) is 7.79. The summed E-state index contributed by atoms with van der Waals surface area (Å²) in [7, 11) is 1.70. The van der Waals surface area contributed by atoms with Gasteiger partial charge < -0.3 is 9.64 Å². The van der Waals surface area contributed by atoms with E-state index in [1.165, 1.54) is 5.56 Å². The summed E-state index contributed by atoms with van der Waals surface area (Å²) in [4.78, 5) is 2.09. The van der Waals surface area contributed by atoms with E-state index in [9.17, 15) is 0 Å². The largest absolute Gasteiger partial charge is 0.497 e. The fourth-order valence-electron chi connectivity index (χ4n) is 3.02. The van der Waals surface area contributed by atoms with E-state index < -0.39 is 0 Å². The van der Waals surface area contributed by atoms with E-state index in [0.717, 1.165) is 41.8 Å². The first-order chi connectivity index (χ1) is 12.4. The molecule has 1 aromatic heterocycles. The summed E-state index contributed by atoms with van der Waals surface area (Å²) < 4.78 is 7.38. The molecular formula is C21H26ClN3O. The van der Waals surface area contributed by atoms with Crippen LogP contribution >= 0.6 is 11.6 Å². The zero-order chi connectivity index (χ0) is 18.7. The standard InChI is InChI=1S/C21H26ClN3O/c1-21(2,3)25-20(24-13-6-5-10-19(24)22)15-17(23-25)12-11-16-8-7-9-18(14-16)26-4/h5-10,14-15H,11-13H2,1-4H3. The fraction of sp³-hybridized carbons (Fsp3) is 0.381. The minimum atomic E-state index is -0.123. The summed E-state index contributed by atoms with van der Waals surface area (Å²) in [5.74, 6) is 1.92. The molecule has 0 amide bonds. The lowest BCUT2D eigenvalue weighted by Crippen LogP contribution is -2.31. The smallest absolute Gasteiger partial charge is 0.133 e. The molecule has 5 heteroatoms. The van der Waals surface area contributed by atoms with E-state index in [1.54, 1.807) is 7.11 Å². The lowest BCUT2D eigenvalue weighted by Gasteiger charge is -2.29. The molecule has 2 heterocycles. The molecule has 138 valence electrons. The molecule has 0 unspecified atom stereocenters. The van der Waals surface area contributed by atoms with E-state index in [0.29, 0.717) is 0 Å². The van der Waals surface area contributed by atoms with Gasteiger partial charge in [-0.05, 0) is 57.4 Å². The Morgan fingerprint density at radius 2 is 2.00 bits per heavy atom. The van der Waals surface area contributed by atoms with E-state index >= 15 is 0 Å². The SMILES string of the molecule is COc1cccc(CCc2cc(N3CC=CC=C3Cl)n(C(C)(C)C)n2)c1. The van der Waals surface area contributed by atoms with Gasteiger partial charge in [-0.2, -0.15) is 5.10 Å². The summed E-state index contributed by atoms with van der Waals surface area (Å²) in [5.41, 5.74) is 2.19. The fourth-order valence-corrected chi connectivity index (χ4v) is 3.25. The van der Waals surface area contributed by atoms with Crippen molar-refractivity contribution in [3.05, 3.63) is 65.0 Å². The quantitative estimate of drug-likeness (QED) is 0.701. The van der Waals surface area contributed by atoms with Crippen molar-refractivity contribution in [3.63, 3.8) is 0 Å². The zero-order valence-electron chi connectivity index (χ0n) is 15.9. The summed E-state index contributed by atoms with van der Waals surface area (Å²) >= 11 is 6.44. The topological polar surface area (TPSA) is 30.3 Å². The van der Waals surface area contributed by atoms with Crippen LogP contribution in [0.3, 0.4) is 0 Å². The van der Waals surface area contributed by atoms with Crippen LogP contribution in [0.15, 0.2) is 53.7 Å². The van der Waals surface area contributed by atoms with E-state index in [4.69, 9.17) is 21.4 Å². The maximum atomic E-state index is 6.44. The predicted molar refractivity (Wildman–Crippen MR) is 108 cm³/mol. The number of benzene rings is 1. The van der Waals surface area contributed by atoms with Crippen LogP contribution in [0.1, 0.15) is 32.0 Å². The Morgan fingerprint density at radius 1 is 1.19 bits per heavy atom. The van der Waals surface area contributed by atoms with Gasteiger partial charge in [0.2, 0.25) is 0 Å². The molecule has 3 rings (SSSR count). The molecule has 0 spiro atoms. The molecule has 0 saturated heterocycles. The minimum absolute atomic E-state index is 0.123. The van der Waals surface area contributed by atoms with Crippen LogP contribution in [0.2, 0.25) is 0 Å². The van der Waals surface area contributed by atoms with Crippen molar-refractivity contribution in [1.29, 1.82) is 0 Å². The average Bonchev–Trinajstić information content (AvgIpc) is 3.05. The van der Waals surface area contributed by atoms with Gasteiger partial charge in [0.1, 0.15) is 16.7 Å². The summed E-state index contributed by atoms with van der Waals surface area (Å²) in [5, 5.41) is 5.60. The number of hydrogen-bond acceptors (Lipinski definition) is 3. The average molecular weight is 372 g/mol. The summed E-state index contributed by atoms with van der Waals surface area (Å²) in [6, 6.07) is 10.4. The highest BCUT2D eigenvalue weighted by atomic mass is 35.5.